The van der Waals surface area contributed by atoms with Gasteiger partial charge in [-0.05, 0) is 54.6 Å². The Hall–Kier alpha value is -2.11. The van der Waals surface area contributed by atoms with E-state index in [2.05, 4.69) is 34.6 Å². The summed E-state index contributed by atoms with van der Waals surface area (Å²) in [5, 5.41) is 0. The number of ether oxygens (including phenoxy) is 3. The van der Waals surface area contributed by atoms with Crippen LogP contribution in [0.1, 0.15) is 73.6 Å². The molecule has 0 bridgehead atoms. The van der Waals surface area contributed by atoms with E-state index in [9.17, 15) is 14.4 Å². The van der Waals surface area contributed by atoms with Crippen LogP contribution in [0.15, 0.2) is 24.0 Å². The van der Waals surface area contributed by atoms with E-state index in [-0.39, 0.29) is 46.6 Å². The molecule has 0 spiro atoms. The fourth-order valence-corrected chi connectivity index (χ4v) is 8.95. The number of hydrogen-bond donors (Lipinski definition) is 0. The van der Waals surface area contributed by atoms with Gasteiger partial charge < -0.3 is 14.2 Å². The molecule has 0 amide bonds. The Kier molecular flexibility index (Phi) is 5.17. The van der Waals surface area contributed by atoms with E-state index in [0.29, 0.717) is 25.2 Å². The smallest absolute Gasteiger partial charge is 0.331 e. The fraction of sp³-hybridized carbons (Fsp3) is 0.750. The molecule has 0 aromatic rings. The fourth-order valence-electron chi connectivity index (χ4n) is 8.95. The molecule has 5 aliphatic rings. The summed E-state index contributed by atoms with van der Waals surface area (Å²) < 4.78 is 17.6. The molecule has 0 radical (unpaired) electrons. The van der Waals surface area contributed by atoms with Crippen molar-refractivity contribution in [2.75, 3.05) is 6.61 Å². The van der Waals surface area contributed by atoms with Crippen molar-refractivity contribution in [1.82, 2.24) is 0 Å². The van der Waals surface area contributed by atoms with Gasteiger partial charge in [-0.25, -0.2) is 4.79 Å². The van der Waals surface area contributed by atoms with Crippen molar-refractivity contribution in [3.63, 3.8) is 0 Å². The van der Waals surface area contributed by atoms with Crippen LogP contribution < -0.4 is 0 Å². The van der Waals surface area contributed by atoms with Crippen LogP contribution in [0.4, 0.5) is 0 Å². The van der Waals surface area contributed by atoms with Crippen molar-refractivity contribution in [2.45, 2.75) is 85.9 Å². The average molecular weight is 471 g/mol. The normalized spacial score (nSPS) is 46.9. The minimum absolute atomic E-state index is 0.00290. The molecule has 6 heteroatoms. The Morgan fingerprint density at radius 2 is 1.82 bits per heavy atom. The van der Waals surface area contributed by atoms with E-state index >= 15 is 0 Å². The van der Waals surface area contributed by atoms with Gasteiger partial charge in [0.25, 0.3) is 0 Å². The van der Waals surface area contributed by atoms with E-state index in [0.717, 1.165) is 24.8 Å². The SMILES string of the molecule is CC(=O)OC1CC2C(C)(C)C(=O)CCC2(C)C2CCC3(C)C(=CC(=O)OC3C3C=COC3)C12C. The lowest BCUT2D eigenvalue weighted by Crippen LogP contribution is -2.67. The summed E-state index contributed by atoms with van der Waals surface area (Å²) in [5.74, 6) is -0.0311. The molecule has 3 saturated carbocycles. The first kappa shape index (κ1) is 23.6. The summed E-state index contributed by atoms with van der Waals surface area (Å²) >= 11 is 0. The van der Waals surface area contributed by atoms with Gasteiger partial charge >= 0.3 is 11.9 Å². The molecule has 8 unspecified atom stereocenters. The highest BCUT2D eigenvalue weighted by Crippen LogP contribution is 2.71. The first-order valence-electron chi connectivity index (χ1n) is 12.8. The second-order valence-corrected chi connectivity index (χ2v) is 12.6. The summed E-state index contributed by atoms with van der Waals surface area (Å²) in [7, 11) is 0. The molecule has 6 nitrogen and oxygen atoms in total. The van der Waals surface area contributed by atoms with E-state index in [1.807, 2.05) is 6.08 Å². The highest BCUT2D eigenvalue weighted by atomic mass is 16.6. The third-order valence-electron chi connectivity index (χ3n) is 10.6. The maximum atomic E-state index is 13.0. The lowest BCUT2D eigenvalue weighted by molar-refractivity contribution is -0.211. The largest absolute Gasteiger partial charge is 0.501 e. The maximum Gasteiger partial charge on any atom is 0.331 e. The van der Waals surface area contributed by atoms with Crippen molar-refractivity contribution in [2.24, 2.45) is 39.4 Å². The van der Waals surface area contributed by atoms with Gasteiger partial charge in [0.15, 0.2) is 0 Å². The van der Waals surface area contributed by atoms with Gasteiger partial charge in [0.2, 0.25) is 0 Å². The molecule has 2 heterocycles. The molecule has 186 valence electrons. The van der Waals surface area contributed by atoms with Crippen LogP contribution in [0.2, 0.25) is 0 Å². The number of fused-ring (bicyclic) bond motifs is 5. The Balaban J connectivity index is 1.65. The molecule has 0 saturated heterocycles. The molecule has 8 atom stereocenters. The van der Waals surface area contributed by atoms with E-state index in [4.69, 9.17) is 14.2 Å². The Bertz CT molecular complexity index is 993. The van der Waals surface area contributed by atoms with Crippen molar-refractivity contribution in [3.8, 4) is 0 Å². The van der Waals surface area contributed by atoms with Crippen molar-refractivity contribution < 1.29 is 28.6 Å². The Morgan fingerprint density at radius 1 is 1.09 bits per heavy atom. The average Bonchev–Trinajstić information content (AvgIpc) is 3.28. The molecule has 3 fully saturated rings. The topological polar surface area (TPSA) is 78.9 Å². The number of cyclic esters (lactones) is 1. The van der Waals surface area contributed by atoms with Crippen molar-refractivity contribution in [1.29, 1.82) is 0 Å². The van der Waals surface area contributed by atoms with Crippen molar-refractivity contribution in [3.05, 3.63) is 24.0 Å². The summed E-state index contributed by atoms with van der Waals surface area (Å²) in [6.07, 6.45) is 8.54. The predicted molar refractivity (Wildman–Crippen MR) is 125 cm³/mol. The monoisotopic (exact) mass is 470 g/mol. The maximum absolute atomic E-state index is 13.0. The number of hydrogen-bond acceptors (Lipinski definition) is 6. The number of rotatable bonds is 2. The molecule has 0 aromatic heterocycles. The molecular formula is C28H38O6. The van der Waals surface area contributed by atoms with Crippen molar-refractivity contribution >= 4 is 17.7 Å². The van der Waals surface area contributed by atoms with Crippen LogP contribution in [-0.2, 0) is 28.6 Å². The Labute approximate surface area is 202 Å². The van der Waals surface area contributed by atoms with Crippen LogP contribution in [0.3, 0.4) is 0 Å². The van der Waals surface area contributed by atoms with Crippen LogP contribution in [-0.4, -0.2) is 36.5 Å². The van der Waals surface area contributed by atoms with Crippen LogP contribution in [0.25, 0.3) is 0 Å². The van der Waals surface area contributed by atoms with Crippen LogP contribution >= 0.6 is 0 Å². The molecular weight excluding hydrogens is 432 g/mol. The summed E-state index contributed by atoms with van der Waals surface area (Å²) in [4.78, 5) is 38.3. The van der Waals surface area contributed by atoms with Gasteiger partial charge in [0, 0.05) is 35.7 Å². The lowest BCUT2D eigenvalue weighted by atomic mass is 9.37. The van der Waals surface area contributed by atoms with Gasteiger partial charge in [0.1, 0.15) is 18.0 Å². The first-order valence-corrected chi connectivity index (χ1v) is 12.8. The van der Waals surface area contributed by atoms with E-state index in [1.165, 1.54) is 6.92 Å². The van der Waals surface area contributed by atoms with Crippen LogP contribution in [0.5, 0.6) is 0 Å². The highest BCUT2D eigenvalue weighted by molar-refractivity contribution is 5.86. The molecule has 0 N–H and O–H groups in total. The highest BCUT2D eigenvalue weighted by Gasteiger charge is 2.69. The summed E-state index contributed by atoms with van der Waals surface area (Å²) in [5.41, 5.74) is -0.386. The number of Topliss-reactive ketones (excluding diaryl/α,β-unsaturated/α-hetero) is 1. The third-order valence-corrected chi connectivity index (χ3v) is 10.6. The van der Waals surface area contributed by atoms with Gasteiger partial charge in [0.05, 0.1) is 18.8 Å². The second kappa shape index (κ2) is 7.44. The number of ketones is 1. The quantitative estimate of drug-likeness (QED) is 0.541. The summed E-state index contributed by atoms with van der Waals surface area (Å²) in [6, 6.07) is 0. The number of esters is 2. The summed E-state index contributed by atoms with van der Waals surface area (Å²) in [6.45, 7) is 12.8. The minimum atomic E-state index is -0.513. The zero-order valence-electron chi connectivity index (χ0n) is 21.3. The Morgan fingerprint density at radius 3 is 2.47 bits per heavy atom. The zero-order valence-corrected chi connectivity index (χ0v) is 21.3. The van der Waals surface area contributed by atoms with Crippen LogP contribution in [0, 0.1) is 39.4 Å². The number of carbonyl (C=O) groups is 3. The molecule has 34 heavy (non-hydrogen) atoms. The first-order chi connectivity index (χ1) is 15.8. The van der Waals surface area contributed by atoms with Gasteiger partial charge in [-0.1, -0.05) is 34.6 Å². The molecule has 0 aromatic carbocycles. The minimum Gasteiger partial charge on any atom is -0.501 e. The van der Waals surface area contributed by atoms with E-state index in [1.54, 1.807) is 12.3 Å². The zero-order chi connectivity index (χ0) is 24.7. The lowest BCUT2D eigenvalue weighted by Gasteiger charge is -2.68. The molecule has 5 rings (SSSR count). The predicted octanol–water partition coefficient (Wildman–Crippen LogP) is 4.77. The second-order valence-electron chi connectivity index (χ2n) is 12.6. The third kappa shape index (κ3) is 3.02. The standard InChI is InChI=1S/C28H38O6/c1-16(29)33-22-13-19-25(2,3)21(30)8-11-26(19,4)18-7-10-27(5)20(28(18,22)6)14-23(31)34-24(27)17-9-12-32-15-17/h9,12,14,17-19,22,24H,7-8,10-11,13,15H2,1-6H3. The molecule has 3 aliphatic carbocycles. The van der Waals surface area contributed by atoms with Gasteiger partial charge in [-0.2, -0.15) is 0 Å². The van der Waals surface area contributed by atoms with E-state index < -0.39 is 16.9 Å². The van der Waals surface area contributed by atoms with Gasteiger partial charge in [-0.3, -0.25) is 9.59 Å². The molecule has 2 aliphatic heterocycles. The number of carbonyl (C=O) groups excluding carboxylic acids is 3. The van der Waals surface area contributed by atoms with Gasteiger partial charge in [-0.15, -0.1) is 0 Å².